The van der Waals surface area contributed by atoms with E-state index < -0.39 is 0 Å². The van der Waals surface area contributed by atoms with Crippen molar-refractivity contribution in [2.45, 2.75) is 31.7 Å². The average molecular weight is 282 g/mol. The lowest BCUT2D eigenvalue weighted by molar-refractivity contribution is 0.246. The van der Waals surface area contributed by atoms with Crippen LogP contribution in [0.15, 0.2) is 22.7 Å². The van der Waals surface area contributed by atoms with Crippen LogP contribution in [0, 0.1) is 5.92 Å². The highest BCUT2D eigenvalue weighted by atomic mass is 79.9. The van der Waals surface area contributed by atoms with Crippen molar-refractivity contribution in [2.75, 3.05) is 11.9 Å². The first kappa shape index (κ1) is 10.5. The van der Waals surface area contributed by atoms with Gasteiger partial charge in [0.05, 0.1) is 11.7 Å². The molecule has 3 heteroatoms. The number of hydrogen-bond donors (Lipinski definition) is 1. The van der Waals surface area contributed by atoms with Gasteiger partial charge in [0.25, 0.3) is 0 Å². The smallest absolute Gasteiger partial charge is 0.143 e. The molecule has 1 fully saturated rings. The van der Waals surface area contributed by atoms with Crippen molar-refractivity contribution in [1.29, 1.82) is 0 Å². The highest BCUT2D eigenvalue weighted by Crippen LogP contribution is 2.36. The SMILES string of the molecule is Brc1ccc2c(c1)OCC(C1CCCC1)N2. The maximum Gasteiger partial charge on any atom is 0.143 e. The predicted octanol–water partition coefficient (Wildman–Crippen LogP) is 3.81. The first-order chi connectivity index (χ1) is 7.83. The normalized spacial score (nSPS) is 24.7. The standard InChI is InChI=1S/C13H16BrNO/c14-10-5-6-11-13(7-10)16-8-12(15-11)9-3-1-2-4-9/h5-7,9,12,15H,1-4,8H2. The summed E-state index contributed by atoms with van der Waals surface area (Å²) in [5.74, 6) is 1.78. The molecule has 1 N–H and O–H groups in total. The van der Waals surface area contributed by atoms with Gasteiger partial charge in [-0.25, -0.2) is 0 Å². The van der Waals surface area contributed by atoms with Crippen molar-refractivity contribution in [1.82, 2.24) is 0 Å². The van der Waals surface area contributed by atoms with Crippen molar-refractivity contribution in [3.05, 3.63) is 22.7 Å². The molecule has 0 radical (unpaired) electrons. The quantitative estimate of drug-likeness (QED) is 0.845. The molecule has 1 aliphatic heterocycles. The molecular formula is C13H16BrNO. The Kier molecular flexibility index (Phi) is 2.80. The Bertz CT molecular complexity index is 388. The summed E-state index contributed by atoms with van der Waals surface area (Å²) in [6.07, 6.45) is 5.48. The number of fused-ring (bicyclic) bond motifs is 1. The molecule has 0 bridgehead atoms. The number of nitrogens with one attached hydrogen (secondary N) is 1. The van der Waals surface area contributed by atoms with Crippen LogP contribution in [-0.4, -0.2) is 12.6 Å². The van der Waals surface area contributed by atoms with E-state index in [1.807, 2.05) is 6.07 Å². The lowest BCUT2D eigenvalue weighted by Crippen LogP contribution is -2.36. The Hall–Kier alpha value is -0.700. The summed E-state index contributed by atoms with van der Waals surface area (Å²) in [4.78, 5) is 0. The van der Waals surface area contributed by atoms with Gasteiger partial charge in [0.2, 0.25) is 0 Å². The zero-order valence-corrected chi connectivity index (χ0v) is 10.8. The van der Waals surface area contributed by atoms with Crippen LogP contribution in [0.3, 0.4) is 0 Å². The maximum absolute atomic E-state index is 5.84. The molecule has 1 atom stereocenters. The first-order valence-electron chi connectivity index (χ1n) is 6.02. The van der Waals surface area contributed by atoms with E-state index in [9.17, 15) is 0 Å². The molecule has 3 rings (SSSR count). The molecule has 2 nitrogen and oxygen atoms in total. The third-order valence-corrected chi connectivity index (χ3v) is 4.17. The van der Waals surface area contributed by atoms with Crippen LogP contribution in [-0.2, 0) is 0 Å². The van der Waals surface area contributed by atoms with Crippen LogP contribution in [0.4, 0.5) is 5.69 Å². The van der Waals surface area contributed by atoms with Gasteiger partial charge >= 0.3 is 0 Å². The van der Waals surface area contributed by atoms with Crippen LogP contribution < -0.4 is 10.1 Å². The summed E-state index contributed by atoms with van der Waals surface area (Å²) in [5, 5.41) is 3.62. The zero-order valence-electron chi connectivity index (χ0n) is 9.21. The lowest BCUT2D eigenvalue weighted by atomic mass is 9.97. The van der Waals surface area contributed by atoms with Crippen LogP contribution in [0.5, 0.6) is 5.75 Å². The van der Waals surface area contributed by atoms with Crippen LogP contribution in [0.1, 0.15) is 25.7 Å². The highest BCUT2D eigenvalue weighted by Gasteiger charge is 2.28. The first-order valence-corrected chi connectivity index (χ1v) is 6.81. The lowest BCUT2D eigenvalue weighted by Gasteiger charge is -2.31. The fourth-order valence-electron chi connectivity index (χ4n) is 2.77. The number of rotatable bonds is 1. The number of benzene rings is 1. The van der Waals surface area contributed by atoms with Crippen molar-refractivity contribution in [3.63, 3.8) is 0 Å². The molecule has 86 valence electrons. The minimum Gasteiger partial charge on any atom is -0.489 e. The summed E-state index contributed by atoms with van der Waals surface area (Å²) in [7, 11) is 0. The van der Waals surface area contributed by atoms with Crippen LogP contribution >= 0.6 is 15.9 Å². The fraction of sp³-hybridized carbons (Fsp3) is 0.538. The van der Waals surface area contributed by atoms with Crippen molar-refractivity contribution >= 4 is 21.6 Å². The molecule has 1 heterocycles. The molecular weight excluding hydrogens is 266 g/mol. The zero-order chi connectivity index (χ0) is 11.0. The Balaban J connectivity index is 1.78. The number of hydrogen-bond acceptors (Lipinski definition) is 2. The summed E-state index contributed by atoms with van der Waals surface area (Å²) in [5.41, 5.74) is 1.14. The molecule has 1 unspecified atom stereocenters. The van der Waals surface area contributed by atoms with Gasteiger partial charge in [-0.1, -0.05) is 28.8 Å². The monoisotopic (exact) mass is 281 g/mol. The topological polar surface area (TPSA) is 21.3 Å². The van der Waals surface area contributed by atoms with E-state index in [-0.39, 0.29) is 0 Å². The molecule has 1 aliphatic carbocycles. The molecule has 0 aromatic heterocycles. The summed E-state index contributed by atoms with van der Waals surface area (Å²) < 4.78 is 6.91. The van der Waals surface area contributed by atoms with Gasteiger partial charge in [0, 0.05) is 4.47 Å². The summed E-state index contributed by atoms with van der Waals surface area (Å²) >= 11 is 3.46. The van der Waals surface area contributed by atoms with Crippen molar-refractivity contribution in [2.24, 2.45) is 5.92 Å². The Morgan fingerprint density at radius 2 is 2.06 bits per heavy atom. The second-order valence-electron chi connectivity index (χ2n) is 4.75. The van der Waals surface area contributed by atoms with Crippen molar-refractivity contribution in [3.8, 4) is 5.75 Å². The Labute approximate surface area is 105 Å². The van der Waals surface area contributed by atoms with E-state index in [0.29, 0.717) is 6.04 Å². The molecule has 0 amide bonds. The second kappa shape index (κ2) is 4.28. The number of anilines is 1. The molecule has 1 saturated carbocycles. The number of halogens is 1. The number of ether oxygens (including phenoxy) is 1. The maximum atomic E-state index is 5.84. The van der Waals surface area contributed by atoms with Gasteiger partial charge in [0.1, 0.15) is 12.4 Å². The van der Waals surface area contributed by atoms with E-state index in [1.54, 1.807) is 0 Å². The van der Waals surface area contributed by atoms with Crippen LogP contribution in [0.2, 0.25) is 0 Å². The van der Waals surface area contributed by atoms with Gasteiger partial charge < -0.3 is 10.1 Å². The average Bonchev–Trinajstić information content (AvgIpc) is 2.82. The highest BCUT2D eigenvalue weighted by molar-refractivity contribution is 9.10. The van der Waals surface area contributed by atoms with Gasteiger partial charge in [-0.05, 0) is 37.0 Å². The molecule has 2 aliphatic rings. The molecule has 0 spiro atoms. The Morgan fingerprint density at radius 3 is 2.88 bits per heavy atom. The van der Waals surface area contributed by atoms with E-state index in [4.69, 9.17) is 4.74 Å². The fourth-order valence-corrected chi connectivity index (χ4v) is 3.11. The molecule has 1 aromatic carbocycles. The third-order valence-electron chi connectivity index (χ3n) is 3.67. The second-order valence-corrected chi connectivity index (χ2v) is 5.66. The van der Waals surface area contributed by atoms with Gasteiger partial charge in [-0.2, -0.15) is 0 Å². The Morgan fingerprint density at radius 1 is 1.25 bits per heavy atom. The molecule has 16 heavy (non-hydrogen) atoms. The van der Waals surface area contributed by atoms with Crippen LogP contribution in [0.25, 0.3) is 0 Å². The van der Waals surface area contributed by atoms with Gasteiger partial charge in [-0.3, -0.25) is 0 Å². The van der Waals surface area contributed by atoms with Gasteiger partial charge in [0.15, 0.2) is 0 Å². The third kappa shape index (κ3) is 1.93. The summed E-state index contributed by atoms with van der Waals surface area (Å²) in [6, 6.07) is 6.70. The van der Waals surface area contributed by atoms with E-state index >= 15 is 0 Å². The minimum atomic E-state index is 0.510. The molecule has 0 saturated heterocycles. The minimum absolute atomic E-state index is 0.510. The van der Waals surface area contributed by atoms with E-state index in [0.717, 1.165) is 28.4 Å². The summed E-state index contributed by atoms with van der Waals surface area (Å²) in [6.45, 7) is 0.814. The predicted molar refractivity (Wildman–Crippen MR) is 69.0 cm³/mol. The van der Waals surface area contributed by atoms with E-state index in [1.165, 1.54) is 25.7 Å². The van der Waals surface area contributed by atoms with Gasteiger partial charge in [-0.15, -0.1) is 0 Å². The largest absolute Gasteiger partial charge is 0.489 e. The van der Waals surface area contributed by atoms with Crippen molar-refractivity contribution < 1.29 is 4.74 Å². The van der Waals surface area contributed by atoms with E-state index in [2.05, 4.69) is 33.4 Å². The molecule has 1 aromatic rings.